The summed E-state index contributed by atoms with van der Waals surface area (Å²) in [4.78, 5) is 17.9. The van der Waals surface area contributed by atoms with E-state index in [1.165, 1.54) is 23.8 Å². The van der Waals surface area contributed by atoms with Gasteiger partial charge in [0.15, 0.2) is 0 Å². The zero-order chi connectivity index (χ0) is 18.0. The van der Waals surface area contributed by atoms with Crippen molar-refractivity contribution < 1.29 is 9.18 Å². The summed E-state index contributed by atoms with van der Waals surface area (Å²) in [6.45, 7) is 3.02. The molecule has 0 aliphatic heterocycles. The molecular formula is C20H22FN3O. The third kappa shape index (κ3) is 3.88. The number of benzene rings is 2. The van der Waals surface area contributed by atoms with Crippen LogP contribution in [-0.2, 0) is 6.42 Å². The lowest BCUT2D eigenvalue weighted by molar-refractivity contribution is 0.102. The van der Waals surface area contributed by atoms with Crippen LogP contribution in [0.4, 0.5) is 10.1 Å². The van der Waals surface area contributed by atoms with E-state index in [9.17, 15) is 9.18 Å². The molecule has 130 valence electrons. The van der Waals surface area contributed by atoms with Gasteiger partial charge in [-0.3, -0.25) is 4.79 Å². The molecule has 0 saturated carbocycles. The van der Waals surface area contributed by atoms with Crippen LogP contribution in [0, 0.1) is 12.7 Å². The van der Waals surface area contributed by atoms with E-state index in [4.69, 9.17) is 0 Å². The third-order valence-electron chi connectivity index (χ3n) is 4.27. The summed E-state index contributed by atoms with van der Waals surface area (Å²) in [5, 5.41) is 3.96. The van der Waals surface area contributed by atoms with Crippen molar-refractivity contribution in [2.45, 2.75) is 13.3 Å². The Bertz CT molecular complexity index is 914. The molecule has 0 atom stereocenters. The van der Waals surface area contributed by atoms with E-state index >= 15 is 0 Å². The minimum absolute atomic E-state index is 0.304. The molecule has 2 N–H and O–H groups in total. The van der Waals surface area contributed by atoms with Gasteiger partial charge in [-0.15, -0.1) is 0 Å². The van der Waals surface area contributed by atoms with Gasteiger partial charge in [-0.1, -0.05) is 6.07 Å². The van der Waals surface area contributed by atoms with Crippen LogP contribution in [0.5, 0.6) is 0 Å². The fourth-order valence-corrected chi connectivity index (χ4v) is 2.95. The number of anilines is 1. The smallest absolute Gasteiger partial charge is 0.255 e. The molecule has 3 aromatic rings. The third-order valence-corrected chi connectivity index (χ3v) is 4.27. The standard InChI is InChI=1S/C20H22FN3O/c1-13-17(9-10-24(2)3)18-12-16(7-8-19(18)22-13)23-20(25)14-5-4-6-15(21)11-14/h4-8,11-12,22H,9-10H2,1-3H3,(H,23,25). The highest BCUT2D eigenvalue weighted by atomic mass is 19.1. The molecule has 1 aromatic heterocycles. The lowest BCUT2D eigenvalue weighted by atomic mass is 10.1. The number of hydrogen-bond donors (Lipinski definition) is 2. The molecular weight excluding hydrogens is 317 g/mol. The topological polar surface area (TPSA) is 48.1 Å². The number of aromatic amines is 1. The van der Waals surface area contributed by atoms with E-state index in [-0.39, 0.29) is 5.91 Å². The predicted molar refractivity (Wildman–Crippen MR) is 99.6 cm³/mol. The van der Waals surface area contributed by atoms with Gasteiger partial charge >= 0.3 is 0 Å². The second kappa shape index (κ2) is 7.07. The molecule has 0 bridgehead atoms. The number of carbonyl (C=O) groups is 1. The number of likely N-dealkylation sites (N-methyl/N-ethyl adjacent to an activating group) is 1. The summed E-state index contributed by atoms with van der Waals surface area (Å²) in [7, 11) is 4.10. The van der Waals surface area contributed by atoms with E-state index in [2.05, 4.69) is 36.2 Å². The maximum absolute atomic E-state index is 13.3. The first-order chi connectivity index (χ1) is 11.9. The van der Waals surface area contributed by atoms with Gasteiger partial charge in [0.2, 0.25) is 0 Å². The molecule has 0 fully saturated rings. The summed E-state index contributed by atoms with van der Waals surface area (Å²) < 4.78 is 13.3. The molecule has 0 radical (unpaired) electrons. The highest BCUT2D eigenvalue weighted by molar-refractivity contribution is 6.05. The Hall–Kier alpha value is -2.66. The van der Waals surface area contributed by atoms with Crippen molar-refractivity contribution in [3.8, 4) is 0 Å². The zero-order valence-corrected chi connectivity index (χ0v) is 14.7. The number of H-pyrrole nitrogens is 1. The van der Waals surface area contributed by atoms with E-state index < -0.39 is 5.82 Å². The average Bonchev–Trinajstić information content (AvgIpc) is 2.87. The quantitative estimate of drug-likeness (QED) is 0.739. The molecule has 0 aliphatic rings. The van der Waals surface area contributed by atoms with Crippen molar-refractivity contribution >= 4 is 22.5 Å². The van der Waals surface area contributed by atoms with Crippen LogP contribution < -0.4 is 5.32 Å². The minimum atomic E-state index is -0.421. The number of amides is 1. The van der Waals surface area contributed by atoms with Crippen LogP contribution in [0.3, 0.4) is 0 Å². The van der Waals surface area contributed by atoms with E-state index in [0.717, 1.165) is 29.6 Å². The Kier molecular flexibility index (Phi) is 4.86. The van der Waals surface area contributed by atoms with Crippen molar-refractivity contribution in [3.63, 3.8) is 0 Å². The molecule has 0 aliphatic carbocycles. The Morgan fingerprint density at radius 1 is 1.20 bits per heavy atom. The number of hydrogen-bond acceptors (Lipinski definition) is 2. The fourth-order valence-electron chi connectivity index (χ4n) is 2.95. The predicted octanol–water partition coefficient (Wildman–Crippen LogP) is 3.97. The molecule has 5 heteroatoms. The Morgan fingerprint density at radius 2 is 2.00 bits per heavy atom. The number of halogens is 1. The van der Waals surface area contributed by atoms with Crippen molar-refractivity contribution in [2.75, 3.05) is 26.0 Å². The van der Waals surface area contributed by atoms with E-state index in [0.29, 0.717) is 11.3 Å². The Labute approximate surface area is 146 Å². The molecule has 0 spiro atoms. The summed E-state index contributed by atoms with van der Waals surface area (Å²) in [5.74, 6) is -0.740. The van der Waals surface area contributed by atoms with Gasteiger partial charge in [0.25, 0.3) is 5.91 Å². The van der Waals surface area contributed by atoms with Crippen LogP contribution in [0.2, 0.25) is 0 Å². The number of rotatable bonds is 5. The first-order valence-electron chi connectivity index (χ1n) is 8.27. The molecule has 25 heavy (non-hydrogen) atoms. The van der Waals surface area contributed by atoms with E-state index in [1.54, 1.807) is 6.07 Å². The number of carbonyl (C=O) groups excluding carboxylic acids is 1. The van der Waals surface area contributed by atoms with Crippen LogP contribution in [0.1, 0.15) is 21.6 Å². The van der Waals surface area contributed by atoms with Crippen LogP contribution in [-0.4, -0.2) is 36.4 Å². The zero-order valence-electron chi connectivity index (χ0n) is 14.7. The summed E-state index contributed by atoms with van der Waals surface area (Å²) in [6, 6.07) is 11.5. The van der Waals surface area contributed by atoms with Gasteiger partial charge < -0.3 is 15.2 Å². The van der Waals surface area contributed by atoms with Gasteiger partial charge in [0.05, 0.1) is 0 Å². The number of fused-ring (bicyclic) bond motifs is 1. The lowest BCUT2D eigenvalue weighted by Crippen LogP contribution is -2.15. The van der Waals surface area contributed by atoms with Crippen molar-refractivity contribution in [1.29, 1.82) is 0 Å². The first-order valence-corrected chi connectivity index (χ1v) is 8.27. The summed E-state index contributed by atoms with van der Waals surface area (Å²) >= 11 is 0. The van der Waals surface area contributed by atoms with Crippen LogP contribution in [0.15, 0.2) is 42.5 Å². The molecule has 1 heterocycles. The molecule has 0 saturated heterocycles. The maximum atomic E-state index is 13.3. The van der Waals surface area contributed by atoms with Crippen LogP contribution >= 0.6 is 0 Å². The van der Waals surface area contributed by atoms with Crippen molar-refractivity contribution in [2.24, 2.45) is 0 Å². The molecule has 3 rings (SSSR count). The van der Waals surface area contributed by atoms with Gasteiger partial charge in [0.1, 0.15) is 5.82 Å². The average molecular weight is 339 g/mol. The number of aryl methyl sites for hydroxylation is 1. The summed E-state index contributed by atoms with van der Waals surface area (Å²) in [5.41, 5.74) is 4.45. The number of aromatic nitrogens is 1. The molecule has 2 aromatic carbocycles. The van der Waals surface area contributed by atoms with Gasteiger partial charge in [0, 0.05) is 34.4 Å². The Morgan fingerprint density at radius 3 is 2.72 bits per heavy atom. The second-order valence-electron chi connectivity index (χ2n) is 6.51. The van der Waals surface area contributed by atoms with Crippen molar-refractivity contribution in [1.82, 2.24) is 9.88 Å². The first kappa shape index (κ1) is 17.2. The van der Waals surface area contributed by atoms with Gasteiger partial charge in [-0.2, -0.15) is 0 Å². The highest BCUT2D eigenvalue weighted by Gasteiger charge is 2.11. The highest BCUT2D eigenvalue weighted by Crippen LogP contribution is 2.26. The lowest BCUT2D eigenvalue weighted by Gasteiger charge is -2.10. The molecule has 1 amide bonds. The molecule has 4 nitrogen and oxygen atoms in total. The number of nitrogens with zero attached hydrogens (tertiary/aromatic N) is 1. The normalized spacial score (nSPS) is 11.2. The summed E-state index contributed by atoms with van der Waals surface area (Å²) in [6.07, 6.45) is 0.931. The minimum Gasteiger partial charge on any atom is -0.358 e. The molecule has 0 unspecified atom stereocenters. The van der Waals surface area contributed by atoms with E-state index in [1.807, 2.05) is 18.2 Å². The monoisotopic (exact) mass is 339 g/mol. The largest absolute Gasteiger partial charge is 0.358 e. The SMILES string of the molecule is Cc1[nH]c2ccc(NC(=O)c3cccc(F)c3)cc2c1CCN(C)C. The van der Waals surface area contributed by atoms with Gasteiger partial charge in [-0.05, 0) is 69.4 Å². The Balaban J connectivity index is 1.87. The second-order valence-corrected chi connectivity index (χ2v) is 6.51. The number of nitrogens with one attached hydrogen (secondary N) is 2. The maximum Gasteiger partial charge on any atom is 0.255 e. The fraction of sp³-hybridized carbons (Fsp3) is 0.250. The van der Waals surface area contributed by atoms with Crippen molar-refractivity contribution in [3.05, 3.63) is 65.1 Å². The van der Waals surface area contributed by atoms with Crippen LogP contribution in [0.25, 0.3) is 10.9 Å². The van der Waals surface area contributed by atoms with Gasteiger partial charge in [-0.25, -0.2) is 4.39 Å².